The van der Waals surface area contributed by atoms with Gasteiger partial charge in [-0.05, 0) is 31.7 Å². The molecule has 1 aliphatic rings. The number of carbonyl (C=O) groups excluding carboxylic acids is 1. The molecule has 0 aliphatic carbocycles. The van der Waals surface area contributed by atoms with E-state index in [4.69, 9.17) is 5.73 Å². The molecule has 1 amide bonds. The first-order chi connectivity index (χ1) is 8.67. The maximum atomic E-state index is 12.6. The van der Waals surface area contributed by atoms with Gasteiger partial charge in [-0.3, -0.25) is 4.79 Å². The highest BCUT2D eigenvalue weighted by Crippen LogP contribution is 2.23. The van der Waals surface area contributed by atoms with E-state index in [-0.39, 0.29) is 5.91 Å². The maximum Gasteiger partial charge on any atom is 0.270 e. The number of rotatable bonds is 4. The Balaban J connectivity index is 2.22. The van der Waals surface area contributed by atoms with E-state index in [1.165, 1.54) is 0 Å². The van der Waals surface area contributed by atoms with Gasteiger partial charge in [-0.25, -0.2) is 0 Å². The predicted octanol–water partition coefficient (Wildman–Crippen LogP) is 2.49. The third-order valence-electron chi connectivity index (χ3n) is 3.71. The van der Waals surface area contributed by atoms with E-state index in [9.17, 15) is 4.79 Å². The number of aryl methyl sites for hydroxylation is 1. The summed E-state index contributed by atoms with van der Waals surface area (Å²) in [6, 6.07) is 2.21. The highest BCUT2D eigenvalue weighted by Gasteiger charge is 2.29. The summed E-state index contributed by atoms with van der Waals surface area (Å²) in [4.78, 5) is 14.6. The first-order valence-electron chi connectivity index (χ1n) is 6.94. The largest absolute Gasteiger partial charge is 0.397 e. The van der Waals surface area contributed by atoms with Crippen LogP contribution in [0.15, 0.2) is 12.3 Å². The number of aromatic nitrogens is 1. The van der Waals surface area contributed by atoms with Crippen LogP contribution < -0.4 is 5.73 Å². The van der Waals surface area contributed by atoms with Gasteiger partial charge in [-0.2, -0.15) is 0 Å². The molecule has 4 nitrogen and oxygen atoms in total. The van der Waals surface area contributed by atoms with Crippen molar-refractivity contribution in [2.24, 2.45) is 0 Å². The smallest absolute Gasteiger partial charge is 0.270 e. The van der Waals surface area contributed by atoms with Gasteiger partial charge in [-0.15, -0.1) is 0 Å². The molecule has 2 N–H and O–H groups in total. The molecule has 1 aromatic rings. The van der Waals surface area contributed by atoms with Crippen LogP contribution in [-0.4, -0.2) is 28.0 Å². The zero-order valence-corrected chi connectivity index (χ0v) is 11.4. The Morgan fingerprint density at radius 1 is 1.50 bits per heavy atom. The van der Waals surface area contributed by atoms with E-state index in [1.807, 2.05) is 21.7 Å². The fourth-order valence-electron chi connectivity index (χ4n) is 2.81. The zero-order chi connectivity index (χ0) is 13.1. The number of anilines is 1. The van der Waals surface area contributed by atoms with Gasteiger partial charge < -0.3 is 15.2 Å². The van der Waals surface area contributed by atoms with Crippen LogP contribution in [0.2, 0.25) is 0 Å². The number of likely N-dealkylation sites (tertiary alicyclic amines) is 1. The van der Waals surface area contributed by atoms with Crippen molar-refractivity contribution in [1.82, 2.24) is 9.47 Å². The molecule has 0 saturated carbocycles. The van der Waals surface area contributed by atoms with Crippen molar-refractivity contribution in [3.63, 3.8) is 0 Å². The highest BCUT2D eigenvalue weighted by atomic mass is 16.2. The van der Waals surface area contributed by atoms with E-state index in [0.29, 0.717) is 11.7 Å². The molecule has 2 rings (SSSR count). The Bertz CT molecular complexity index is 425. The second-order valence-electron chi connectivity index (χ2n) is 5.05. The Morgan fingerprint density at radius 3 is 2.94 bits per heavy atom. The third-order valence-corrected chi connectivity index (χ3v) is 3.71. The molecule has 1 unspecified atom stereocenters. The van der Waals surface area contributed by atoms with E-state index in [2.05, 4.69) is 13.8 Å². The lowest BCUT2D eigenvalue weighted by molar-refractivity contribution is 0.0722. The lowest BCUT2D eigenvalue weighted by Gasteiger charge is -2.24. The first-order valence-corrected chi connectivity index (χ1v) is 6.94. The number of nitrogens with zero attached hydrogens (tertiary/aromatic N) is 2. The van der Waals surface area contributed by atoms with Crippen molar-refractivity contribution in [1.29, 1.82) is 0 Å². The van der Waals surface area contributed by atoms with Gasteiger partial charge in [0.25, 0.3) is 5.91 Å². The molecule has 1 aliphatic heterocycles. The lowest BCUT2D eigenvalue weighted by Crippen LogP contribution is -2.36. The molecule has 0 aromatic carbocycles. The van der Waals surface area contributed by atoms with E-state index in [1.54, 1.807) is 0 Å². The van der Waals surface area contributed by atoms with Crippen LogP contribution >= 0.6 is 0 Å². The van der Waals surface area contributed by atoms with Crippen LogP contribution in [-0.2, 0) is 6.54 Å². The lowest BCUT2D eigenvalue weighted by atomic mass is 10.1. The monoisotopic (exact) mass is 249 g/mol. The first kappa shape index (κ1) is 13.0. The predicted molar refractivity (Wildman–Crippen MR) is 73.5 cm³/mol. The topological polar surface area (TPSA) is 51.3 Å². The third kappa shape index (κ3) is 2.37. The summed E-state index contributed by atoms with van der Waals surface area (Å²) >= 11 is 0. The van der Waals surface area contributed by atoms with Gasteiger partial charge in [0, 0.05) is 25.3 Å². The highest BCUT2D eigenvalue weighted by molar-refractivity contribution is 5.94. The SMILES string of the molecule is CCCn1cc(N)cc1C(=O)N1CCCC1CC. The summed E-state index contributed by atoms with van der Waals surface area (Å²) in [7, 11) is 0. The average molecular weight is 249 g/mol. The number of hydrogen-bond acceptors (Lipinski definition) is 2. The fraction of sp³-hybridized carbons (Fsp3) is 0.643. The Morgan fingerprint density at radius 2 is 2.28 bits per heavy atom. The Kier molecular flexibility index (Phi) is 3.94. The number of nitrogen functional groups attached to an aromatic ring is 1. The van der Waals surface area contributed by atoms with Crippen molar-refractivity contribution >= 4 is 11.6 Å². The van der Waals surface area contributed by atoms with Gasteiger partial charge >= 0.3 is 0 Å². The van der Waals surface area contributed by atoms with Crippen molar-refractivity contribution in [3.8, 4) is 0 Å². The van der Waals surface area contributed by atoms with E-state index >= 15 is 0 Å². The summed E-state index contributed by atoms with van der Waals surface area (Å²) in [5.41, 5.74) is 7.25. The van der Waals surface area contributed by atoms with Gasteiger partial charge in [0.15, 0.2) is 0 Å². The van der Waals surface area contributed by atoms with Crippen molar-refractivity contribution in [2.75, 3.05) is 12.3 Å². The molecular weight excluding hydrogens is 226 g/mol. The second kappa shape index (κ2) is 5.46. The minimum atomic E-state index is 0.143. The van der Waals surface area contributed by atoms with Crippen molar-refractivity contribution < 1.29 is 4.79 Å². The van der Waals surface area contributed by atoms with Crippen LogP contribution in [0.1, 0.15) is 50.0 Å². The number of carbonyl (C=O) groups is 1. The molecule has 0 radical (unpaired) electrons. The molecule has 1 atom stereocenters. The number of hydrogen-bond donors (Lipinski definition) is 1. The summed E-state index contributed by atoms with van der Waals surface area (Å²) in [5.74, 6) is 0.143. The number of amides is 1. The molecule has 1 aromatic heterocycles. The van der Waals surface area contributed by atoms with Gasteiger partial charge in [0.2, 0.25) is 0 Å². The molecular formula is C14H23N3O. The summed E-state index contributed by atoms with van der Waals surface area (Å²) < 4.78 is 1.99. The minimum absolute atomic E-state index is 0.143. The fourth-order valence-corrected chi connectivity index (χ4v) is 2.81. The summed E-state index contributed by atoms with van der Waals surface area (Å²) in [6.07, 6.45) is 6.16. The maximum absolute atomic E-state index is 12.6. The number of nitrogens with two attached hydrogens (primary N) is 1. The van der Waals surface area contributed by atoms with Crippen LogP contribution in [0.3, 0.4) is 0 Å². The van der Waals surface area contributed by atoms with Crippen LogP contribution in [0.5, 0.6) is 0 Å². The molecule has 0 bridgehead atoms. The van der Waals surface area contributed by atoms with Crippen molar-refractivity contribution in [2.45, 2.75) is 52.1 Å². The van der Waals surface area contributed by atoms with E-state index < -0.39 is 0 Å². The van der Waals surface area contributed by atoms with Crippen LogP contribution in [0.4, 0.5) is 5.69 Å². The molecule has 1 saturated heterocycles. The van der Waals surface area contributed by atoms with Gasteiger partial charge in [0.1, 0.15) is 5.69 Å². The normalized spacial score (nSPS) is 19.4. The van der Waals surface area contributed by atoms with E-state index in [0.717, 1.165) is 44.5 Å². The zero-order valence-electron chi connectivity index (χ0n) is 11.4. The minimum Gasteiger partial charge on any atom is -0.397 e. The quantitative estimate of drug-likeness (QED) is 0.891. The molecule has 2 heterocycles. The summed E-state index contributed by atoms with van der Waals surface area (Å²) in [5, 5.41) is 0. The Hall–Kier alpha value is -1.45. The van der Waals surface area contributed by atoms with Gasteiger partial charge in [-0.1, -0.05) is 13.8 Å². The van der Waals surface area contributed by atoms with Crippen molar-refractivity contribution in [3.05, 3.63) is 18.0 Å². The molecule has 100 valence electrons. The summed E-state index contributed by atoms with van der Waals surface area (Å²) in [6.45, 7) is 5.99. The average Bonchev–Trinajstić information content (AvgIpc) is 2.95. The van der Waals surface area contributed by atoms with Crippen LogP contribution in [0, 0.1) is 0 Å². The van der Waals surface area contributed by atoms with Crippen LogP contribution in [0.25, 0.3) is 0 Å². The Labute approximate surface area is 109 Å². The second-order valence-corrected chi connectivity index (χ2v) is 5.05. The molecule has 1 fully saturated rings. The van der Waals surface area contributed by atoms with Gasteiger partial charge in [0.05, 0.1) is 5.69 Å². The molecule has 4 heteroatoms. The standard InChI is InChI=1S/C14H23N3O/c1-3-7-16-10-11(15)9-13(16)14(18)17-8-5-6-12(17)4-2/h9-10,12H,3-8,15H2,1-2H3. The molecule has 18 heavy (non-hydrogen) atoms. The molecule has 0 spiro atoms.